The van der Waals surface area contributed by atoms with Gasteiger partial charge in [-0.15, -0.1) is 0 Å². The van der Waals surface area contributed by atoms with Crippen LogP contribution >= 0.6 is 27.7 Å². The first-order valence-electron chi connectivity index (χ1n) is 10.3. The van der Waals surface area contributed by atoms with Gasteiger partial charge in [0, 0.05) is 15.8 Å². The summed E-state index contributed by atoms with van der Waals surface area (Å²) < 4.78 is 0.870. The van der Waals surface area contributed by atoms with Crippen LogP contribution in [-0.2, 0) is 16.0 Å². The fourth-order valence-corrected chi connectivity index (χ4v) is 5.15. The monoisotopic (exact) mass is 517 g/mol. The Kier molecular flexibility index (Phi) is 6.97. The number of para-hydroxylation sites is 1. The minimum Gasteiger partial charge on any atom is -0.321 e. The SMILES string of the molecule is Cc1cccc(CC2SC(=C(C#N)C(=O)Nc3ccccc3)N(c3ccc(Br)cc3)C2=O)c1. The zero-order valence-corrected chi connectivity index (χ0v) is 20.2. The molecule has 1 saturated heterocycles. The summed E-state index contributed by atoms with van der Waals surface area (Å²) >= 11 is 4.67. The highest BCUT2D eigenvalue weighted by Crippen LogP contribution is 2.42. The Balaban J connectivity index is 1.73. The van der Waals surface area contributed by atoms with Gasteiger partial charge in [-0.2, -0.15) is 5.26 Å². The molecule has 1 aliphatic rings. The minimum absolute atomic E-state index is 0.0909. The predicted molar refractivity (Wildman–Crippen MR) is 136 cm³/mol. The maximum Gasteiger partial charge on any atom is 0.269 e. The summed E-state index contributed by atoms with van der Waals surface area (Å²) in [6, 6.07) is 26.2. The van der Waals surface area contributed by atoms with Gasteiger partial charge in [0.1, 0.15) is 16.7 Å². The number of nitrogens with one attached hydrogen (secondary N) is 1. The van der Waals surface area contributed by atoms with Gasteiger partial charge in [-0.05, 0) is 55.3 Å². The van der Waals surface area contributed by atoms with Crippen molar-refractivity contribution < 1.29 is 9.59 Å². The lowest BCUT2D eigenvalue weighted by atomic mass is 10.1. The summed E-state index contributed by atoms with van der Waals surface area (Å²) in [5.74, 6) is -0.698. The number of aryl methyl sites for hydroxylation is 1. The van der Waals surface area contributed by atoms with Crippen molar-refractivity contribution in [2.75, 3.05) is 10.2 Å². The van der Waals surface area contributed by atoms with Gasteiger partial charge in [-0.3, -0.25) is 14.5 Å². The summed E-state index contributed by atoms with van der Waals surface area (Å²) in [4.78, 5) is 28.0. The third-order valence-electron chi connectivity index (χ3n) is 5.13. The molecule has 1 N–H and O–H groups in total. The fraction of sp³-hybridized carbons (Fsp3) is 0.115. The molecule has 1 heterocycles. The molecule has 33 heavy (non-hydrogen) atoms. The van der Waals surface area contributed by atoms with E-state index in [1.807, 2.05) is 55.5 Å². The fourth-order valence-electron chi connectivity index (χ4n) is 3.58. The Morgan fingerprint density at radius 1 is 1.09 bits per heavy atom. The van der Waals surface area contributed by atoms with E-state index in [0.29, 0.717) is 22.8 Å². The normalized spacial score (nSPS) is 16.9. The number of hydrogen-bond acceptors (Lipinski definition) is 4. The van der Waals surface area contributed by atoms with Crippen molar-refractivity contribution in [1.82, 2.24) is 0 Å². The van der Waals surface area contributed by atoms with Gasteiger partial charge in [0.15, 0.2) is 0 Å². The van der Waals surface area contributed by atoms with Gasteiger partial charge >= 0.3 is 0 Å². The van der Waals surface area contributed by atoms with Crippen LogP contribution in [0.1, 0.15) is 11.1 Å². The number of nitriles is 1. The lowest BCUT2D eigenvalue weighted by Crippen LogP contribution is -2.30. The van der Waals surface area contributed by atoms with Gasteiger partial charge in [0.05, 0.1) is 5.25 Å². The number of thioether (sulfide) groups is 1. The number of halogens is 1. The Morgan fingerprint density at radius 2 is 1.82 bits per heavy atom. The molecule has 1 atom stereocenters. The average molecular weight is 518 g/mol. The van der Waals surface area contributed by atoms with E-state index in [0.717, 1.165) is 15.6 Å². The first-order chi connectivity index (χ1) is 16.0. The van der Waals surface area contributed by atoms with Crippen molar-refractivity contribution in [2.45, 2.75) is 18.6 Å². The standard InChI is InChI=1S/C26H20BrN3O2S/c1-17-6-5-7-18(14-17)15-23-25(32)30(21-12-10-19(27)11-13-21)26(33-23)22(16-28)24(31)29-20-8-3-2-4-9-20/h2-14,23H,15H2,1H3,(H,29,31). The Hall–Kier alpha value is -3.34. The maximum atomic E-state index is 13.5. The van der Waals surface area contributed by atoms with Gasteiger partial charge in [0.2, 0.25) is 5.91 Å². The van der Waals surface area contributed by atoms with E-state index in [1.165, 1.54) is 16.7 Å². The summed E-state index contributed by atoms with van der Waals surface area (Å²) in [7, 11) is 0. The molecule has 0 saturated carbocycles. The summed E-state index contributed by atoms with van der Waals surface area (Å²) in [6.07, 6.45) is 0.501. The molecule has 3 aromatic rings. The quantitative estimate of drug-likeness (QED) is 0.341. The molecule has 1 aliphatic heterocycles. The number of carbonyl (C=O) groups excluding carboxylic acids is 2. The van der Waals surface area contributed by atoms with Crippen LogP contribution in [0.5, 0.6) is 0 Å². The molecule has 1 unspecified atom stereocenters. The molecule has 2 amide bonds. The first-order valence-corrected chi connectivity index (χ1v) is 12.0. The van der Waals surface area contributed by atoms with Crippen molar-refractivity contribution in [3.63, 3.8) is 0 Å². The number of benzene rings is 3. The van der Waals surface area contributed by atoms with E-state index < -0.39 is 11.2 Å². The smallest absolute Gasteiger partial charge is 0.269 e. The van der Waals surface area contributed by atoms with E-state index in [9.17, 15) is 14.9 Å². The lowest BCUT2D eigenvalue weighted by Gasteiger charge is -2.19. The number of hydrogen-bond donors (Lipinski definition) is 1. The van der Waals surface area contributed by atoms with Gasteiger partial charge in [0.25, 0.3) is 5.91 Å². The van der Waals surface area contributed by atoms with Crippen LogP contribution in [-0.4, -0.2) is 17.1 Å². The summed E-state index contributed by atoms with van der Waals surface area (Å²) in [5.41, 5.74) is 3.25. The Bertz CT molecular complexity index is 1270. The molecule has 4 rings (SSSR count). The number of nitrogens with zero attached hydrogens (tertiary/aromatic N) is 2. The average Bonchev–Trinajstić information content (AvgIpc) is 3.11. The van der Waals surface area contributed by atoms with E-state index in [-0.39, 0.29) is 11.5 Å². The van der Waals surface area contributed by atoms with Crippen LogP contribution in [0.3, 0.4) is 0 Å². The van der Waals surface area contributed by atoms with Gasteiger partial charge in [-0.25, -0.2) is 0 Å². The lowest BCUT2D eigenvalue weighted by molar-refractivity contribution is -0.117. The number of anilines is 2. The molecule has 0 spiro atoms. The Labute approximate surface area is 205 Å². The second-order valence-corrected chi connectivity index (χ2v) is 9.67. The molecule has 3 aromatic carbocycles. The topological polar surface area (TPSA) is 73.2 Å². The highest BCUT2D eigenvalue weighted by Gasteiger charge is 2.40. The zero-order chi connectivity index (χ0) is 23.4. The second kappa shape index (κ2) is 10.1. The molecule has 0 radical (unpaired) electrons. The van der Waals surface area contributed by atoms with Crippen LogP contribution in [0.15, 0.2) is 93.9 Å². The van der Waals surface area contributed by atoms with Crippen LogP contribution in [0, 0.1) is 18.3 Å². The van der Waals surface area contributed by atoms with Crippen molar-refractivity contribution in [1.29, 1.82) is 5.26 Å². The van der Waals surface area contributed by atoms with Crippen LogP contribution in [0.4, 0.5) is 11.4 Å². The molecular weight excluding hydrogens is 498 g/mol. The number of rotatable bonds is 5. The van der Waals surface area contributed by atoms with Crippen molar-refractivity contribution in [2.24, 2.45) is 0 Å². The van der Waals surface area contributed by atoms with Crippen LogP contribution in [0.2, 0.25) is 0 Å². The van der Waals surface area contributed by atoms with Gasteiger partial charge in [-0.1, -0.05) is 75.7 Å². The number of amides is 2. The van der Waals surface area contributed by atoms with Crippen LogP contribution in [0.25, 0.3) is 0 Å². The third kappa shape index (κ3) is 5.19. The van der Waals surface area contributed by atoms with Gasteiger partial charge < -0.3 is 5.32 Å². The number of carbonyl (C=O) groups is 2. The maximum absolute atomic E-state index is 13.5. The molecule has 0 aromatic heterocycles. The highest BCUT2D eigenvalue weighted by atomic mass is 79.9. The van der Waals surface area contributed by atoms with Crippen LogP contribution < -0.4 is 10.2 Å². The van der Waals surface area contributed by atoms with E-state index in [1.54, 1.807) is 36.4 Å². The summed E-state index contributed by atoms with van der Waals surface area (Å²) in [6.45, 7) is 2.01. The molecule has 7 heteroatoms. The third-order valence-corrected chi connectivity index (χ3v) is 6.92. The van der Waals surface area contributed by atoms with E-state index >= 15 is 0 Å². The van der Waals surface area contributed by atoms with E-state index in [2.05, 4.69) is 21.2 Å². The molecule has 164 valence electrons. The second-order valence-electron chi connectivity index (χ2n) is 7.56. The molecular formula is C26H20BrN3O2S. The van der Waals surface area contributed by atoms with Crippen molar-refractivity contribution in [3.8, 4) is 6.07 Å². The summed E-state index contributed by atoms with van der Waals surface area (Å²) in [5, 5.41) is 12.6. The molecule has 5 nitrogen and oxygen atoms in total. The zero-order valence-electron chi connectivity index (χ0n) is 17.8. The van der Waals surface area contributed by atoms with Crippen molar-refractivity contribution >= 4 is 50.9 Å². The largest absolute Gasteiger partial charge is 0.321 e. The highest BCUT2D eigenvalue weighted by molar-refractivity contribution is 9.10. The van der Waals surface area contributed by atoms with Crippen molar-refractivity contribution in [3.05, 3.63) is 105 Å². The first kappa shape index (κ1) is 22.8. The van der Waals surface area contributed by atoms with E-state index in [4.69, 9.17) is 0 Å². The Morgan fingerprint density at radius 3 is 2.48 bits per heavy atom. The molecule has 0 aliphatic carbocycles. The molecule has 0 bridgehead atoms. The predicted octanol–water partition coefficient (Wildman–Crippen LogP) is 5.82. The minimum atomic E-state index is -0.544. The molecule has 1 fully saturated rings.